The van der Waals surface area contributed by atoms with Crippen molar-refractivity contribution >= 4 is 5.91 Å². The highest BCUT2D eigenvalue weighted by Gasteiger charge is 2.30. The van der Waals surface area contributed by atoms with E-state index in [2.05, 4.69) is 20.4 Å². The second-order valence-electron chi connectivity index (χ2n) is 7.27. The van der Waals surface area contributed by atoms with Gasteiger partial charge in [0.2, 0.25) is 17.5 Å². The standard InChI is InChI=1S/C22H25N5O6/c1-29-17-9-13(10-18(30-2)21(17)32-4)15-11-16(24-23-15)22(28)27-8-7-14(12-27)33-20-6-5-19(31-3)25-26-20/h5-6,9-11,14H,7-8,12H2,1-4H3,(H,23,24). The van der Waals surface area contributed by atoms with Crippen LogP contribution in [0.4, 0.5) is 0 Å². The summed E-state index contributed by atoms with van der Waals surface area (Å²) in [4.78, 5) is 14.7. The molecule has 11 nitrogen and oxygen atoms in total. The van der Waals surface area contributed by atoms with Crippen LogP contribution in [0.1, 0.15) is 16.9 Å². The van der Waals surface area contributed by atoms with E-state index in [-0.39, 0.29) is 12.0 Å². The van der Waals surface area contributed by atoms with Gasteiger partial charge in [0, 0.05) is 30.7 Å². The Morgan fingerprint density at radius 3 is 2.27 bits per heavy atom. The summed E-state index contributed by atoms with van der Waals surface area (Å²) < 4.78 is 27.0. The van der Waals surface area contributed by atoms with E-state index >= 15 is 0 Å². The first-order valence-corrected chi connectivity index (χ1v) is 10.3. The number of ether oxygens (including phenoxy) is 5. The summed E-state index contributed by atoms with van der Waals surface area (Å²) in [6, 6.07) is 8.62. The first-order chi connectivity index (χ1) is 16.1. The number of amides is 1. The van der Waals surface area contributed by atoms with E-state index in [1.165, 1.54) is 7.11 Å². The summed E-state index contributed by atoms with van der Waals surface area (Å²) in [6.07, 6.45) is 0.516. The summed E-state index contributed by atoms with van der Waals surface area (Å²) >= 11 is 0. The summed E-state index contributed by atoms with van der Waals surface area (Å²) in [5.74, 6) is 2.13. The quantitative estimate of drug-likeness (QED) is 0.545. The lowest BCUT2D eigenvalue weighted by Gasteiger charge is -2.16. The molecule has 1 atom stereocenters. The van der Waals surface area contributed by atoms with E-state index in [1.54, 1.807) is 56.6 Å². The van der Waals surface area contributed by atoms with Gasteiger partial charge < -0.3 is 28.6 Å². The molecule has 4 rings (SSSR count). The Bertz CT molecular complexity index is 1090. The minimum absolute atomic E-state index is 0.159. The molecule has 3 aromatic rings. The van der Waals surface area contributed by atoms with Gasteiger partial charge >= 0.3 is 0 Å². The second-order valence-corrected chi connectivity index (χ2v) is 7.27. The van der Waals surface area contributed by atoms with Gasteiger partial charge in [0.25, 0.3) is 5.91 Å². The van der Waals surface area contributed by atoms with E-state index in [0.717, 1.165) is 5.56 Å². The normalized spacial score (nSPS) is 15.3. The molecule has 2 aromatic heterocycles. The van der Waals surface area contributed by atoms with Crippen molar-refractivity contribution in [2.24, 2.45) is 0 Å². The maximum atomic E-state index is 13.0. The first kappa shape index (κ1) is 22.2. The summed E-state index contributed by atoms with van der Waals surface area (Å²) in [5, 5.41) is 15.0. The maximum absolute atomic E-state index is 13.0. The Hall–Kier alpha value is -4.02. The molecule has 1 unspecified atom stereocenters. The fourth-order valence-corrected chi connectivity index (χ4v) is 3.64. The van der Waals surface area contributed by atoms with Crippen molar-refractivity contribution in [1.29, 1.82) is 0 Å². The Balaban J connectivity index is 1.45. The monoisotopic (exact) mass is 455 g/mol. The van der Waals surface area contributed by atoms with Crippen LogP contribution in [0.25, 0.3) is 11.3 Å². The zero-order valence-corrected chi connectivity index (χ0v) is 18.8. The highest BCUT2D eigenvalue weighted by Crippen LogP contribution is 2.40. The van der Waals surface area contributed by atoms with Gasteiger partial charge in [-0.2, -0.15) is 5.10 Å². The van der Waals surface area contributed by atoms with Crippen LogP contribution < -0.4 is 23.7 Å². The fraction of sp³-hybridized carbons (Fsp3) is 0.364. The highest BCUT2D eigenvalue weighted by atomic mass is 16.5. The number of H-pyrrole nitrogens is 1. The number of methoxy groups -OCH3 is 4. The molecule has 11 heteroatoms. The average molecular weight is 455 g/mol. The number of rotatable bonds is 8. The molecule has 0 saturated carbocycles. The molecule has 0 bridgehead atoms. The number of aromatic amines is 1. The molecule has 0 radical (unpaired) electrons. The number of benzene rings is 1. The molecular weight excluding hydrogens is 430 g/mol. The summed E-state index contributed by atoms with van der Waals surface area (Å²) in [6.45, 7) is 0.997. The number of aromatic nitrogens is 4. The van der Waals surface area contributed by atoms with Gasteiger partial charge in [0.15, 0.2) is 11.5 Å². The van der Waals surface area contributed by atoms with E-state index in [9.17, 15) is 4.79 Å². The van der Waals surface area contributed by atoms with Crippen LogP contribution >= 0.6 is 0 Å². The first-order valence-electron chi connectivity index (χ1n) is 10.3. The van der Waals surface area contributed by atoms with Crippen LogP contribution in [0.3, 0.4) is 0 Å². The smallest absolute Gasteiger partial charge is 0.272 e. The molecule has 1 aliphatic rings. The van der Waals surface area contributed by atoms with Crippen LogP contribution in [0.2, 0.25) is 0 Å². The Labute approximate surface area is 190 Å². The number of carbonyl (C=O) groups excluding carboxylic acids is 1. The van der Waals surface area contributed by atoms with Gasteiger partial charge in [-0.25, -0.2) is 0 Å². The topological polar surface area (TPSA) is 121 Å². The number of hydrogen-bond donors (Lipinski definition) is 1. The molecule has 33 heavy (non-hydrogen) atoms. The van der Waals surface area contributed by atoms with E-state index in [1.807, 2.05) is 0 Å². The third-order valence-corrected chi connectivity index (χ3v) is 5.31. The van der Waals surface area contributed by atoms with E-state index in [0.29, 0.717) is 59.9 Å². The van der Waals surface area contributed by atoms with Crippen LogP contribution in [0.5, 0.6) is 29.0 Å². The van der Waals surface area contributed by atoms with Gasteiger partial charge in [0.05, 0.1) is 40.7 Å². The van der Waals surface area contributed by atoms with Gasteiger partial charge in [-0.1, -0.05) is 0 Å². The third-order valence-electron chi connectivity index (χ3n) is 5.31. The molecule has 1 saturated heterocycles. The van der Waals surface area contributed by atoms with Crippen LogP contribution in [-0.4, -0.2) is 78.8 Å². The molecule has 1 aromatic carbocycles. The fourth-order valence-electron chi connectivity index (χ4n) is 3.64. The van der Waals surface area contributed by atoms with Crippen LogP contribution in [0, 0.1) is 0 Å². The lowest BCUT2D eigenvalue weighted by atomic mass is 10.1. The van der Waals surface area contributed by atoms with E-state index < -0.39 is 0 Å². The van der Waals surface area contributed by atoms with Gasteiger partial charge in [0.1, 0.15) is 11.8 Å². The summed E-state index contributed by atoms with van der Waals surface area (Å²) in [5.41, 5.74) is 1.68. The number of nitrogens with zero attached hydrogens (tertiary/aromatic N) is 4. The number of likely N-dealkylation sites (tertiary alicyclic amines) is 1. The predicted octanol–water partition coefficient (Wildman–Crippen LogP) is 2.19. The maximum Gasteiger partial charge on any atom is 0.272 e. The number of carbonyl (C=O) groups is 1. The van der Waals surface area contributed by atoms with Gasteiger partial charge in [-0.15, -0.1) is 10.2 Å². The van der Waals surface area contributed by atoms with Gasteiger partial charge in [-0.3, -0.25) is 9.89 Å². The molecule has 0 spiro atoms. The minimum atomic E-state index is -0.172. The zero-order chi connectivity index (χ0) is 23.4. The van der Waals surface area contributed by atoms with Crippen molar-refractivity contribution < 1.29 is 28.5 Å². The number of nitrogens with one attached hydrogen (secondary N) is 1. The Morgan fingerprint density at radius 2 is 1.67 bits per heavy atom. The molecular formula is C22H25N5O6. The number of hydrogen-bond acceptors (Lipinski definition) is 9. The van der Waals surface area contributed by atoms with Crippen molar-refractivity contribution in [1.82, 2.24) is 25.3 Å². The predicted molar refractivity (Wildman–Crippen MR) is 117 cm³/mol. The van der Waals surface area contributed by atoms with Gasteiger partial charge in [-0.05, 0) is 18.2 Å². The highest BCUT2D eigenvalue weighted by molar-refractivity contribution is 5.93. The SMILES string of the molecule is COc1ccc(OC2CCN(C(=O)c3cc(-c4cc(OC)c(OC)c(OC)c4)n[nH]3)C2)nn1. The van der Waals surface area contributed by atoms with E-state index in [4.69, 9.17) is 23.7 Å². The molecule has 1 aliphatic heterocycles. The molecule has 3 heterocycles. The lowest BCUT2D eigenvalue weighted by Crippen LogP contribution is -2.31. The minimum Gasteiger partial charge on any atom is -0.493 e. The Morgan fingerprint density at radius 1 is 0.970 bits per heavy atom. The third kappa shape index (κ3) is 4.61. The van der Waals surface area contributed by atoms with Crippen LogP contribution in [0.15, 0.2) is 30.3 Å². The Kier molecular flexibility index (Phi) is 6.48. The van der Waals surface area contributed by atoms with Crippen molar-refractivity contribution in [3.63, 3.8) is 0 Å². The van der Waals surface area contributed by atoms with Crippen molar-refractivity contribution in [3.8, 4) is 40.3 Å². The zero-order valence-electron chi connectivity index (χ0n) is 18.8. The second kappa shape index (κ2) is 9.63. The molecule has 174 valence electrons. The van der Waals surface area contributed by atoms with Crippen LogP contribution in [-0.2, 0) is 0 Å². The summed E-state index contributed by atoms with van der Waals surface area (Å²) in [7, 11) is 6.15. The van der Waals surface area contributed by atoms with Crippen molar-refractivity contribution in [2.45, 2.75) is 12.5 Å². The molecule has 1 fully saturated rings. The average Bonchev–Trinajstić information content (AvgIpc) is 3.53. The van der Waals surface area contributed by atoms with Crippen molar-refractivity contribution in [2.75, 3.05) is 41.5 Å². The largest absolute Gasteiger partial charge is 0.493 e. The molecule has 1 N–H and O–H groups in total. The van der Waals surface area contributed by atoms with Crippen molar-refractivity contribution in [3.05, 3.63) is 36.0 Å². The molecule has 0 aliphatic carbocycles. The molecule has 1 amide bonds. The lowest BCUT2D eigenvalue weighted by molar-refractivity contribution is 0.0765.